The van der Waals surface area contributed by atoms with Gasteiger partial charge in [0.15, 0.2) is 0 Å². The van der Waals surface area contributed by atoms with Crippen LogP contribution in [0.2, 0.25) is 0 Å². The standard InChI is InChI=1S/C17H35N3O2/c1-16(2,3)18-8-14-22-13-7-15(21)19-9-11-20(12-10-19)17(4,5)6/h18H,7-14H2,1-6H3. The van der Waals surface area contributed by atoms with Gasteiger partial charge in [-0.3, -0.25) is 9.69 Å². The molecule has 1 amide bonds. The molecular weight excluding hydrogens is 278 g/mol. The van der Waals surface area contributed by atoms with Gasteiger partial charge in [-0.2, -0.15) is 0 Å². The first kappa shape index (κ1) is 19.4. The summed E-state index contributed by atoms with van der Waals surface area (Å²) in [4.78, 5) is 16.6. The van der Waals surface area contributed by atoms with Gasteiger partial charge in [0, 0.05) is 43.8 Å². The predicted molar refractivity (Wildman–Crippen MR) is 91.1 cm³/mol. The fourth-order valence-electron chi connectivity index (χ4n) is 2.54. The molecule has 1 fully saturated rings. The van der Waals surface area contributed by atoms with Crippen molar-refractivity contribution in [2.75, 3.05) is 45.9 Å². The lowest BCUT2D eigenvalue weighted by atomic mass is 10.0. The molecule has 1 heterocycles. The molecule has 1 N–H and O–H groups in total. The third-order valence-electron chi connectivity index (χ3n) is 3.94. The van der Waals surface area contributed by atoms with Gasteiger partial charge in [0.25, 0.3) is 0 Å². The lowest BCUT2D eigenvalue weighted by Crippen LogP contribution is -2.54. The molecular formula is C17H35N3O2. The molecule has 1 aliphatic heterocycles. The van der Waals surface area contributed by atoms with Gasteiger partial charge in [0.1, 0.15) is 0 Å². The minimum absolute atomic E-state index is 0.117. The van der Waals surface area contributed by atoms with Gasteiger partial charge in [-0.1, -0.05) is 0 Å². The first-order chi connectivity index (χ1) is 10.1. The van der Waals surface area contributed by atoms with Crippen molar-refractivity contribution in [1.29, 1.82) is 0 Å². The number of amides is 1. The van der Waals surface area contributed by atoms with Crippen molar-refractivity contribution < 1.29 is 9.53 Å². The largest absolute Gasteiger partial charge is 0.380 e. The van der Waals surface area contributed by atoms with Crippen molar-refractivity contribution in [2.45, 2.75) is 59.0 Å². The van der Waals surface area contributed by atoms with Crippen molar-refractivity contribution in [3.63, 3.8) is 0 Å². The van der Waals surface area contributed by atoms with E-state index < -0.39 is 0 Å². The van der Waals surface area contributed by atoms with Crippen molar-refractivity contribution in [1.82, 2.24) is 15.1 Å². The van der Waals surface area contributed by atoms with E-state index in [0.29, 0.717) is 19.6 Å². The number of nitrogens with one attached hydrogen (secondary N) is 1. The molecule has 0 aromatic heterocycles. The zero-order valence-corrected chi connectivity index (χ0v) is 15.4. The third kappa shape index (κ3) is 7.56. The van der Waals surface area contributed by atoms with Crippen LogP contribution in [0.4, 0.5) is 0 Å². The molecule has 5 nitrogen and oxygen atoms in total. The van der Waals surface area contributed by atoms with Crippen LogP contribution in [-0.2, 0) is 9.53 Å². The molecule has 0 atom stereocenters. The Morgan fingerprint density at radius 3 is 2.09 bits per heavy atom. The Labute approximate surface area is 136 Å². The lowest BCUT2D eigenvalue weighted by molar-refractivity contribution is -0.134. The van der Waals surface area contributed by atoms with E-state index >= 15 is 0 Å². The van der Waals surface area contributed by atoms with Crippen LogP contribution in [0.5, 0.6) is 0 Å². The van der Waals surface area contributed by atoms with Crippen molar-refractivity contribution in [3.05, 3.63) is 0 Å². The maximum atomic E-state index is 12.2. The predicted octanol–water partition coefficient (Wildman–Crippen LogP) is 1.72. The van der Waals surface area contributed by atoms with Gasteiger partial charge < -0.3 is 15.0 Å². The number of hydrogen-bond donors (Lipinski definition) is 1. The summed E-state index contributed by atoms with van der Waals surface area (Å²) < 4.78 is 5.55. The number of ether oxygens (including phenoxy) is 1. The zero-order valence-electron chi connectivity index (χ0n) is 15.4. The lowest BCUT2D eigenvalue weighted by Gasteiger charge is -2.42. The number of carbonyl (C=O) groups is 1. The highest BCUT2D eigenvalue weighted by Crippen LogP contribution is 2.16. The van der Waals surface area contributed by atoms with Gasteiger partial charge in [-0.25, -0.2) is 0 Å². The van der Waals surface area contributed by atoms with Crippen LogP contribution in [-0.4, -0.2) is 72.7 Å². The van der Waals surface area contributed by atoms with Crippen molar-refractivity contribution >= 4 is 5.91 Å². The zero-order chi connectivity index (χ0) is 16.8. The number of carbonyl (C=O) groups excluding carboxylic acids is 1. The Hall–Kier alpha value is -0.650. The second-order valence-corrected chi connectivity index (χ2v) is 8.08. The molecule has 22 heavy (non-hydrogen) atoms. The molecule has 0 aromatic carbocycles. The molecule has 1 rings (SSSR count). The van der Waals surface area contributed by atoms with Gasteiger partial charge in [0.2, 0.25) is 5.91 Å². The SMILES string of the molecule is CC(C)(C)NCCOCCC(=O)N1CCN(C(C)(C)C)CC1. The number of nitrogens with zero attached hydrogens (tertiary/aromatic N) is 2. The monoisotopic (exact) mass is 313 g/mol. The average Bonchev–Trinajstić information content (AvgIpc) is 2.40. The van der Waals surface area contributed by atoms with E-state index in [4.69, 9.17) is 4.74 Å². The highest BCUT2D eigenvalue weighted by molar-refractivity contribution is 5.76. The molecule has 0 saturated carbocycles. The minimum Gasteiger partial charge on any atom is -0.380 e. The molecule has 0 spiro atoms. The Morgan fingerprint density at radius 2 is 1.59 bits per heavy atom. The molecule has 1 aliphatic rings. The molecule has 130 valence electrons. The van der Waals surface area contributed by atoms with Crippen LogP contribution in [0, 0.1) is 0 Å². The maximum Gasteiger partial charge on any atom is 0.224 e. The highest BCUT2D eigenvalue weighted by atomic mass is 16.5. The quantitative estimate of drug-likeness (QED) is 0.759. The average molecular weight is 313 g/mol. The fourth-order valence-corrected chi connectivity index (χ4v) is 2.54. The maximum absolute atomic E-state index is 12.2. The van der Waals surface area contributed by atoms with E-state index in [1.54, 1.807) is 0 Å². The Balaban J connectivity index is 2.12. The first-order valence-corrected chi connectivity index (χ1v) is 8.45. The second-order valence-electron chi connectivity index (χ2n) is 8.08. The van der Waals surface area contributed by atoms with Crippen LogP contribution in [0.25, 0.3) is 0 Å². The van der Waals surface area contributed by atoms with Crippen LogP contribution in [0.3, 0.4) is 0 Å². The Morgan fingerprint density at radius 1 is 1.00 bits per heavy atom. The van der Waals surface area contributed by atoms with Crippen LogP contribution in [0.1, 0.15) is 48.0 Å². The number of piperazine rings is 1. The van der Waals surface area contributed by atoms with Crippen molar-refractivity contribution in [3.8, 4) is 0 Å². The summed E-state index contributed by atoms with van der Waals surface area (Å²) in [6.07, 6.45) is 0.491. The van der Waals surface area contributed by atoms with E-state index in [-0.39, 0.29) is 17.0 Å². The van der Waals surface area contributed by atoms with Gasteiger partial charge in [-0.15, -0.1) is 0 Å². The molecule has 0 unspecified atom stereocenters. The smallest absolute Gasteiger partial charge is 0.224 e. The summed E-state index contributed by atoms with van der Waals surface area (Å²) in [6.45, 7) is 18.7. The van der Waals surface area contributed by atoms with E-state index in [2.05, 4.69) is 51.8 Å². The summed E-state index contributed by atoms with van der Waals surface area (Å²) in [6, 6.07) is 0. The normalized spacial score (nSPS) is 17.8. The van der Waals surface area contributed by atoms with E-state index in [9.17, 15) is 4.79 Å². The highest BCUT2D eigenvalue weighted by Gasteiger charge is 2.27. The van der Waals surface area contributed by atoms with Crippen LogP contribution < -0.4 is 5.32 Å². The van der Waals surface area contributed by atoms with E-state index in [1.807, 2.05) is 4.90 Å². The Kier molecular flexibility index (Phi) is 7.29. The molecule has 5 heteroatoms. The van der Waals surface area contributed by atoms with E-state index in [1.165, 1.54) is 0 Å². The number of rotatable bonds is 6. The molecule has 0 bridgehead atoms. The minimum atomic E-state index is 0.117. The fraction of sp³-hybridized carbons (Fsp3) is 0.941. The van der Waals surface area contributed by atoms with Crippen LogP contribution >= 0.6 is 0 Å². The van der Waals surface area contributed by atoms with E-state index in [0.717, 1.165) is 32.7 Å². The molecule has 0 aliphatic carbocycles. The summed E-state index contributed by atoms with van der Waals surface area (Å²) in [5, 5.41) is 3.37. The van der Waals surface area contributed by atoms with Gasteiger partial charge in [0.05, 0.1) is 19.6 Å². The Bertz CT molecular complexity index is 337. The molecule has 0 aromatic rings. The van der Waals surface area contributed by atoms with Crippen molar-refractivity contribution in [2.24, 2.45) is 0 Å². The molecule has 0 radical (unpaired) electrons. The molecule has 1 saturated heterocycles. The summed E-state index contributed by atoms with van der Waals surface area (Å²) >= 11 is 0. The van der Waals surface area contributed by atoms with Gasteiger partial charge in [-0.05, 0) is 41.5 Å². The second kappa shape index (κ2) is 8.27. The topological polar surface area (TPSA) is 44.8 Å². The summed E-state index contributed by atoms with van der Waals surface area (Å²) in [5.41, 5.74) is 0.310. The first-order valence-electron chi connectivity index (χ1n) is 8.45. The summed E-state index contributed by atoms with van der Waals surface area (Å²) in [5.74, 6) is 0.220. The number of hydrogen-bond acceptors (Lipinski definition) is 4. The van der Waals surface area contributed by atoms with Crippen LogP contribution in [0.15, 0.2) is 0 Å². The van der Waals surface area contributed by atoms with Gasteiger partial charge >= 0.3 is 0 Å². The third-order valence-corrected chi connectivity index (χ3v) is 3.94. The summed E-state index contributed by atoms with van der Waals surface area (Å²) in [7, 11) is 0.